The van der Waals surface area contributed by atoms with E-state index >= 15 is 0 Å². The zero-order valence-corrected chi connectivity index (χ0v) is 10.3. The largest absolute Gasteiger partial charge is 0.490 e. The number of nitro benzene ring substituents is 1. The number of carbonyl (C=O) groups is 1. The van der Waals surface area contributed by atoms with Crippen LogP contribution in [0.1, 0.15) is 23.2 Å². The Balaban J connectivity index is 2.21. The van der Waals surface area contributed by atoms with Crippen LogP contribution in [0.25, 0.3) is 0 Å². The Morgan fingerprint density at radius 3 is 2.74 bits per heavy atom. The van der Waals surface area contributed by atoms with Gasteiger partial charge in [0.1, 0.15) is 0 Å². The van der Waals surface area contributed by atoms with Crippen LogP contribution in [0, 0.1) is 10.1 Å². The van der Waals surface area contributed by atoms with Gasteiger partial charge in [0.15, 0.2) is 0 Å². The van der Waals surface area contributed by atoms with Crippen LogP contribution in [0.3, 0.4) is 0 Å². The van der Waals surface area contributed by atoms with Gasteiger partial charge in [-0.25, -0.2) is 0 Å². The molecule has 1 amide bonds. The molecule has 0 heterocycles. The Morgan fingerprint density at radius 2 is 2.21 bits per heavy atom. The predicted octanol–water partition coefficient (Wildman–Crippen LogP) is 0.856. The number of nitro groups is 1. The SMILES string of the molecule is COc1c(C(=O)NC2CC(O)C2)cccc1[N+](=O)[O-]. The number of aliphatic hydroxyl groups is 1. The molecule has 19 heavy (non-hydrogen) atoms. The number of nitrogens with one attached hydrogen (secondary N) is 1. The molecule has 2 N–H and O–H groups in total. The molecule has 1 fully saturated rings. The van der Waals surface area contributed by atoms with Gasteiger partial charge in [0.05, 0.1) is 23.7 Å². The number of carbonyl (C=O) groups excluding carboxylic acids is 1. The highest BCUT2D eigenvalue weighted by Crippen LogP contribution is 2.31. The number of para-hydroxylation sites is 1. The van der Waals surface area contributed by atoms with Crippen LogP contribution < -0.4 is 10.1 Å². The summed E-state index contributed by atoms with van der Waals surface area (Å²) in [5.41, 5.74) is -0.123. The molecule has 1 saturated carbocycles. The minimum atomic E-state index is -0.595. The first-order valence-electron chi connectivity index (χ1n) is 5.83. The molecule has 0 unspecified atom stereocenters. The molecule has 0 aliphatic heterocycles. The molecule has 1 aromatic rings. The lowest BCUT2D eigenvalue weighted by atomic mass is 9.89. The van der Waals surface area contributed by atoms with Gasteiger partial charge in [0.2, 0.25) is 5.75 Å². The number of rotatable bonds is 4. The van der Waals surface area contributed by atoms with E-state index in [4.69, 9.17) is 9.84 Å². The minimum absolute atomic E-state index is 0.0510. The van der Waals surface area contributed by atoms with Crippen molar-refractivity contribution in [2.75, 3.05) is 7.11 Å². The first-order valence-corrected chi connectivity index (χ1v) is 5.83. The van der Waals surface area contributed by atoms with Crippen molar-refractivity contribution in [2.24, 2.45) is 0 Å². The van der Waals surface area contributed by atoms with Crippen LogP contribution >= 0.6 is 0 Å². The molecule has 102 valence electrons. The van der Waals surface area contributed by atoms with Crippen LogP contribution in [-0.2, 0) is 0 Å². The van der Waals surface area contributed by atoms with Crippen molar-refractivity contribution in [1.82, 2.24) is 5.32 Å². The molecule has 2 rings (SSSR count). The maximum Gasteiger partial charge on any atom is 0.311 e. The lowest BCUT2D eigenvalue weighted by Crippen LogP contribution is -2.46. The second-order valence-corrected chi connectivity index (χ2v) is 4.41. The first-order chi connectivity index (χ1) is 9.02. The van der Waals surface area contributed by atoms with E-state index in [2.05, 4.69) is 5.32 Å². The molecule has 0 radical (unpaired) electrons. The summed E-state index contributed by atoms with van der Waals surface area (Å²) < 4.78 is 4.96. The van der Waals surface area contributed by atoms with Crippen molar-refractivity contribution in [3.05, 3.63) is 33.9 Å². The van der Waals surface area contributed by atoms with E-state index in [9.17, 15) is 14.9 Å². The normalized spacial score (nSPS) is 21.4. The minimum Gasteiger partial charge on any atom is -0.490 e. The maximum absolute atomic E-state index is 12.0. The number of methoxy groups -OCH3 is 1. The van der Waals surface area contributed by atoms with Crippen molar-refractivity contribution in [3.8, 4) is 5.75 Å². The molecule has 1 aromatic carbocycles. The van der Waals surface area contributed by atoms with Crippen molar-refractivity contribution in [2.45, 2.75) is 25.0 Å². The number of aliphatic hydroxyl groups excluding tert-OH is 1. The summed E-state index contributed by atoms with van der Waals surface area (Å²) in [4.78, 5) is 22.3. The molecule has 0 atom stereocenters. The fourth-order valence-corrected chi connectivity index (χ4v) is 2.03. The van der Waals surface area contributed by atoms with E-state index in [-0.39, 0.29) is 29.1 Å². The van der Waals surface area contributed by atoms with Gasteiger partial charge in [-0.3, -0.25) is 14.9 Å². The second-order valence-electron chi connectivity index (χ2n) is 4.41. The standard InChI is InChI=1S/C12H14N2O5/c1-19-11-9(3-2-4-10(11)14(17)18)12(16)13-7-5-8(15)6-7/h2-4,7-8,15H,5-6H2,1H3,(H,13,16). The number of nitrogens with zero attached hydrogens (tertiary/aromatic N) is 1. The van der Waals surface area contributed by atoms with Gasteiger partial charge < -0.3 is 15.2 Å². The highest BCUT2D eigenvalue weighted by molar-refractivity contribution is 5.98. The molecule has 7 nitrogen and oxygen atoms in total. The highest BCUT2D eigenvalue weighted by atomic mass is 16.6. The van der Waals surface area contributed by atoms with Crippen LogP contribution in [0.15, 0.2) is 18.2 Å². The van der Waals surface area contributed by atoms with Gasteiger partial charge in [0.25, 0.3) is 5.91 Å². The van der Waals surface area contributed by atoms with Gasteiger partial charge in [-0.15, -0.1) is 0 Å². The predicted molar refractivity (Wildman–Crippen MR) is 66.1 cm³/mol. The third-order valence-corrected chi connectivity index (χ3v) is 3.09. The number of hydrogen-bond donors (Lipinski definition) is 2. The Bertz CT molecular complexity index is 511. The molecule has 0 bridgehead atoms. The maximum atomic E-state index is 12.0. The average Bonchev–Trinajstić information content (AvgIpc) is 2.35. The summed E-state index contributed by atoms with van der Waals surface area (Å²) in [6.07, 6.45) is 0.628. The molecule has 0 aromatic heterocycles. The number of benzene rings is 1. The van der Waals surface area contributed by atoms with Crippen molar-refractivity contribution < 1.29 is 19.6 Å². The lowest BCUT2D eigenvalue weighted by molar-refractivity contribution is -0.385. The van der Waals surface area contributed by atoms with Crippen LogP contribution in [0.5, 0.6) is 5.75 Å². The van der Waals surface area contributed by atoms with E-state index in [0.717, 1.165) is 0 Å². The zero-order chi connectivity index (χ0) is 14.0. The Hall–Kier alpha value is -2.15. The Labute approximate surface area is 109 Å². The molecule has 7 heteroatoms. The molecule has 1 aliphatic carbocycles. The van der Waals surface area contributed by atoms with Crippen LogP contribution in [0.2, 0.25) is 0 Å². The summed E-state index contributed by atoms with van der Waals surface area (Å²) >= 11 is 0. The van der Waals surface area contributed by atoms with Crippen molar-refractivity contribution in [1.29, 1.82) is 0 Å². The third-order valence-electron chi connectivity index (χ3n) is 3.09. The molecule has 0 spiro atoms. The summed E-state index contributed by atoms with van der Waals surface area (Å²) in [5, 5.41) is 22.7. The van der Waals surface area contributed by atoms with E-state index in [1.807, 2.05) is 0 Å². The van der Waals surface area contributed by atoms with Crippen LogP contribution in [0.4, 0.5) is 5.69 Å². The lowest BCUT2D eigenvalue weighted by Gasteiger charge is -2.32. The smallest absolute Gasteiger partial charge is 0.311 e. The summed E-state index contributed by atoms with van der Waals surface area (Å²) in [6.45, 7) is 0. The van der Waals surface area contributed by atoms with Gasteiger partial charge in [-0.05, 0) is 18.9 Å². The van der Waals surface area contributed by atoms with Gasteiger partial charge in [0, 0.05) is 12.1 Å². The van der Waals surface area contributed by atoms with Gasteiger partial charge in [-0.1, -0.05) is 6.07 Å². The molecule has 1 aliphatic rings. The third kappa shape index (κ3) is 2.65. The highest BCUT2D eigenvalue weighted by Gasteiger charge is 2.30. The number of hydrogen-bond acceptors (Lipinski definition) is 5. The molecule has 0 saturated heterocycles. The average molecular weight is 266 g/mol. The fraction of sp³-hybridized carbons (Fsp3) is 0.417. The quantitative estimate of drug-likeness (QED) is 0.621. The fourth-order valence-electron chi connectivity index (χ4n) is 2.03. The Kier molecular flexibility index (Phi) is 3.66. The van der Waals surface area contributed by atoms with E-state index in [0.29, 0.717) is 12.8 Å². The van der Waals surface area contributed by atoms with Crippen molar-refractivity contribution >= 4 is 11.6 Å². The summed E-state index contributed by atoms with van der Waals surface area (Å²) in [6, 6.07) is 4.09. The van der Waals surface area contributed by atoms with Gasteiger partial charge >= 0.3 is 5.69 Å². The number of ether oxygens (including phenoxy) is 1. The number of amides is 1. The zero-order valence-electron chi connectivity index (χ0n) is 10.3. The van der Waals surface area contributed by atoms with Crippen LogP contribution in [-0.4, -0.2) is 35.2 Å². The van der Waals surface area contributed by atoms with E-state index in [1.165, 1.54) is 25.3 Å². The summed E-state index contributed by atoms with van der Waals surface area (Å²) in [7, 11) is 1.28. The van der Waals surface area contributed by atoms with E-state index in [1.54, 1.807) is 0 Å². The molecular weight excluding hydrogens is 252 g/mol. The molecular formula is C12H14N2O5. The van der Waals surface area contributed by atoms with E-state index < -0.39 is 10.8 Å². The Morgan fingerprint density at radius 1 is 1.53 bits per heavy atom. The summed E-state index contributed by atoms with van der Waals surface area (Å²) in [5.74, 6) is -0.484. The first kappa shape index (κ1) is 13.3. The second kappa shape index (κ2) is 5.23. The van der Waals surface area contributed by atoms with Crippen molar-refractivity contribution in [3.63, 3.8) is 0 Å². The van der Waals surface area contributed by atoms with Gasteiger partial charge in [-0.2, -0.15) is 0 Å². The topological polar surface area (TPSA) is 102 Å². The monoisotopic (exact) mass is 266 g/mol.